The minimum absolute atomic E-state index is 0.0324. The topological polar surface area (TPSA) is 26.6 Å². The Kier molecular flexibility index (Phi) is 7.63. The van der Waals surface area contributed by atoms with Gasteiger partial charge in [-0.2, -0.15) is 0 Å². The van der Waals surface area contributed by atoms with E-state index in [-0.39, 0.29) is 12.1 Å². The highest BCUT2D eigenvalue weighted by atomic mass is 16.5. The van der Waals surface area contributed by atoms with Gasteiger partial charge in [-0.25, -0.2) is 0 Å². The smallest absolute Gasteiger partial charge is 0.262 e. The molecule has 5 heteroatoms. The number of aromatic nitrogens is 1. The molecule has 0 atom stereocenters. The monoisotopic (exact) mass is 808 g/mol. The lowest BCUT2D eigenvalue weighted by Crippen LogP contribution is -2.58. The molecule has 0 saturated heterocycles. The third kappa shape index (κ3) is 5.29. The minimum atomic E-state index is -0.136. The number of benzene rings is 10. The summed E-state index contributed by atoms with van der Waals surface area (Å²) in [5, 5.41) is 9.30. The van der Waals surface area contributed by atoms with Gasteiger partial charge in [0.05, 0.1) is 16.7 Å². The molecule has 0 bridgehead atoms. The van der Waals surface area contributed by atoms with Crippen LogP contribution in [0.2, 0.25) is 0 Å². The van der Waals surface area contributed by atoms with Crippen molar-refractivity contribution >= 4 is 94.3 Å². The molecule has 13 rings (SSSR count). The molecule has 63 heavy (non-hydrogen) atoms. The number of hydrogen-bond acceptors (Lipinski definition) is 3. The standard InChI is InChI=1S/C58H41BN2O2/c1-58(2,3)38-28-30-41(31-29-38)60(39-18-6-4-7-19-39)47-35-48-52(45-25-15-14-24-44(45)47)46-34-51-55-57(56(46)61(48)40-20-8-5-9-21-40)63-50-33-27-37-17-11-13-23-43(37)54(50)59(55)53-42-22-12-10-16-36(42)26-32-49(53)62-51/h4-35H,1-3H3. The third-order valence-electron chi connectivity index (χ3n) is 13.4. The Balaban J connectivity index is 1.17. The molecule has 4 nitrogen and oxygen atoms in total. The molecule has 0 unspecified atom stereocenters. The minimum Gasteiger partial charge on any atom is -0.458 e. The Morgan fingerprint density at radius 2 is 1.02 bits per heavy atom. The summed E-state index contributed by atoms with van der Waals surface area (Å²) in [6, 6.07) is 70.3. The van der Waals surface area contributed by atoms with Crippen molar-refractivity contribution in [2.45, 2.75) is 26.2 Å². The Morgan fingerprint density at radius 1 is 0.460 bits per heavy atom. The van der Waals surface area contributed by atoms with Crippen molar-refractivity contribution < 1.29 is 9.47 Å². The lowest BCUT2D eigenvalue weighted by Gasteiger charge is -2.35. The summed E-state index contributed by atoms with van der Waals surface area (Å²) < 4.78 is 17.0. The van der Waals surface area contributed by atoms with Crippen LogP contribution in [0.15, 0.2) is 194 Å². The summed E-state index contributed by atoms with van der Waals surface area (Å²) in [5.74, 6) is 3.41. The van der Waals surface area contributed by atoms with Crippen molar-refractivity contribution in [3.05, 3.63) is 200 Å². The summed E-state index contributed by atoms with van der Waals surface area (Å²) in [6.07, 6.45) is 0. The Hall–Kier alpha value is -7.76. The van der Waals surface area contributed by atoms with E-state index in [0.717, 1.165) is 83.8 Å². The first-order valence-corrected chi connectivity index (χ1v) is 21.9. The number of fused-ring (bicyclic) bond motifs is 14. The lowest BCUT2D eigenvalue weighted by atomic mass is 9.33. The molecule has 3 heterocycles. The van der Waals surface area contributed by atoms with Gasteiger partial charge in [0.2, 0.25) is 0 Å². The van der Waals surface area contributed by atoms with Gasteiger partial charge in [-0.1, -0.05) is 154 Å². The van der Waals surface area contributed by atoms with Crippen molar-refractivity contribution in [3.8, 4) is 28.7 Å². The maximum Gasteiger partial charge on any atom is 0.262 e. The second-order valence-electron chi connectivity index (χ2n) is 18.0. The van der Waals surface area contributed by atoms with Crippen LogP contribution in [0.5, 0.6) is 23.0 Å². The fourth-order valence-corrected chi connectivity index (χ4v) is 10.6. The molecule has 0 amide bonds. The number of anilines is 3. The maximum absolute atomic E-state index is 7.42. The molecular formula is C58H41BN2O2. The van der Waals surface area contributed by atoms with E-state index in [2.05, 4.69) is 224 Å². The highest BCUT2D eigenvalue weighted by Crippen LogP contribution is 2.50. The first-order valence-electron chi connectivity index (χ1n) is 21.9. The van der Waals surface area contributed by atoms with Crippen LogP contribution in [0.1, 0.15) is 26.3 Å². The normalized spacial score (nSPS) is 12.9. The molecular weight excluding hydrogens is 767 g/mol. The van der Waals surface area contributed by atoms with E-state index in [1.807, 2.05) is 0 Å². The molecule has 2 aliphatic heterocycles. The highest BCUT2D eigenvalue weighted by Gasteiger charge is 2.44. The van der Waals surface area contributed by atoms with Crippen LogP contribution in [0.25, 0.3) is 59.8 Å². The van der Waals surface area contributed by atoms with Gasteiger partial charge < -0.3 is 18.9 Å². The van der Waals surface area contributed by atoms with Crippen molar-refractivity contribution in [2.24, 2.45) is 0 Å². The fourth-order valence-electron chi connectivity index (χ4n) is 10.6. The first-order chi connectivity index (χ1) is 30.9. The first kappa shape index (κ1) is 35.9. The average Bonchev–Trinajstić information content (AvgIpc) is 3.66. The second kappa shape index (κ2) is 13.4. The summed E-state index contributed by atoms with van der Waals surface area (Å²) in [5.41, 5.74) is 11.2. The van der Waals surface area contributed by atoms with Gasteiger partial charge in [0.15, 0.2) is 5.75 Å². The van der Waals surface area contributed by atoms with E-state index >= 15 is 0 Å². The van der Waals surface area contributed by atoms with Gasteiger partial charge >= 0.3 is 0 Å². The predicted octanol–water partition coefficient (Wildman–Crippen LogP) is 13.7. The molecule has 0 radical (unpaired) electrons. The Labute approximate surface area is 366 Å². The van der Waals surface area contributed by atoms with Crippen molar-refractivity contribution in [1.82, 2.24) is 4.57 Å². The maximum atomic E-state index is 7.42. The molecule has 0 aliphatic carbocycles. The molecule has 10 aromatic carbocycles. The third-order valence-corrected chi connectivity index (χ3v) is 13.4. The zero-order valence-corrected chi connectivity index (χ0v) is 35.3. The van der Waals surface area contributed by atoms with Crippen LogP contribution < -0.4 is 30.8 Å². The quantitative estimate of drug-likeness (QED) is 0.166. The highest BCUT2D eigenvalue weighted by molar-refractivity contribution is 7.01. The lowest BCUT2D eigenvalue weighted by molar-refractivity contribution is 0.468. The largest absolute Gasteiger partial charge is 0.458 e. The molecule has 11 aromatic rings. The molecule has 0 spiro atoms. The van der Waals surface area contributed by atoms with E-state index in [1.54, 1.807) is 0 Å². The van der Waals surface area contributed by atoms with Crippen LogP contribution in [0.3, 0.4) is 0 Å². The molecule has 1 aromatic heterocycles. The van der Waals surface area contributed by atoms with Gasteiger partial charge in [-0.15, -0.1) is 0 Å². The van der Waals surface area contributed by atoms with Crippen molar-refractivity contribution in [3.63, 3.8) is 0 Å². The van der Waals surface area contributed by atoms with Crippen LogP contribution in [-0.2, 0) is 5.41 Å². The Morgan fingerprint density at radius 3 is 1.67 bits per heavy atom. The van der Waals surface area contributed by atoms with Crippen molar-refractivity contribution in [1.29, 1.82) is 0 Å². The van der Waals surface area contributed by atoms with E-state index in [1.165, 1.54) is 38.0 Å². The van der Waals surface area contributed by atoms with Crippen LogP contribution >= 0.6 is 0 Å². The average molecular weight is 809 g/mol. The van der Waals surface area contributed by atoms with E-state index in [0.29, 0.717) is 0 Å². The zero-order chi connectivity index (χ0) is 42.0. The van der Waals surface area contributed by atoms with Gasteiger partial charge in [0.1, 0.15) is 17.2 Å². The molecule has 298 valence electrons. The summed E-state index contributed by atoms with van der Waals surface area (Å²) in [6.45, 7) is 6.67. The molecule has 2 aliphatic rings. The summed E-state index contributed by atoms with van der Waals surface area (Å²) in [7, 11) is 0. The van der Waals surface area contributed by atoms with Gasteiger partial charge in [0.25, 0.3) is 6.71 Å². The fraction of sp³-hybridized carbons (Fsp3) is 0.0690. The molecule has 0 saturated carbocycles. The van der Waals surface area contributed by atoms with Gasteiger partial charge in [0, 0.05) is 38.7 Å². The zero-order valence-electron chi connectivity index (χ0n) is 35.3. The molecule has 0 N–H and O–H groups in total. The SMILES string of the molecule is CC(C)(C)c1ccc(N(c2ccccc2)c2cc3c(c4ccccc24)c2cc4c5c(c2n3-c2ccccc2)Oc2ccc3ccccc3c2B5c2c(ccc3ccccc23)O4)cc1. The second-order valence-corrected chi connectivity index (χ2v) is 18.0. The van der Waals surface area contributed by atoms with Gasteiger partial charge in [-0.05, 0) is 109 Å². The summed E-state index contributed by atoms with van der Waals surface area (Å²) >= 11 is 0. The molecule has 0 fully saturated rings. The van der Waals surface area contributed by atoms with Crippen molar-refractivity contribution in [2.75, 3.05) is 4.90 Å². The predicted molar refractivity (Wildman–Crippen MR) is 264 cm³/mol. The Bertz CT molecular complexity index is 3620. The van der Waals surface area contributed by atoms with Gasteiger partial charge in [-0.3, -0.25) is 0 Å². The number of hydrogen-bond donors (Lipinski definition) is 0. The van der Waals surface area contributed by atoms with Crippen LogP contribution in [0.4, 0.5) is 17.1 Å². The van der Waals surface area contributed by atoms with E-state index in [9.17, 15) is 0 Å². The number of para-hydroxylation sites is 2. The van der Waals surface area contributed by atoms with Crippen LogP contribution in [0, 0.1) is 0 Å². The summed E-state index contributed by atoms with van der Waals surface area (Å²) in [4.78, 5) is 2.41. The number of rotatable bonds is 4. The number of ether oxygens (including phenoxy) is 2. The van der Waals surface area contributed by atoms with Crippen LogP contribution in [-0.4, -0.2) is 11.3 Å². The van der Waals surface area contributed by atoms with E-state index in [4.69, 9.17) is 9.47 Å². The number of nitrogens with zero attached hydrogens (tertiary/aromatic N) is 2. The van der Waals surface area contributed by atoms with E-state index < -0.39 is 0 Å².